The third-order valence-electron chi connectivity index (χ3n) is 3.39. The summed E-state index contributed by atoms with van der Waals surface area (Å²) in [4.78, 5) is 0. The van der Waals surface area contributed by atoms with E-state index in [4.69, 9.17) is 14.2 Å². The monoisotopic (exact) mass is 281 g/mol. The summed E-state index contributed by atoms with van der Waals surface area (Å²) in [7, 11) is 5.10. The van der Waals surface area contributed by atoms with Gasteiger partial charge in [0, 0.05) is 24.8 Å². The van der Waals surface area contributed by atoms with Crippen LogP contribution in [-0.4, -0.2) is 34.0 Å². The zero-order valence-corrected chi connectivity index (χ0v) is 13.2. The van der Waals surface area contributed by atoms with E-state index in [1.54, 1.807) is 21.3 Å². The minimum Gasteiger partial charge on any atom is -0.497 e. The fourth-order valence-corrected chi connectivity index (χ4v) is 2.39. The molecule has 0 aliphatic heterocycles. The molecule has 20 heavy (non-hydrogen) atoms. The van der Waals surface area contributed by atoms with Gasteiger partial charge in [0.2, 0.25) is 0 Å². The zero-order chi connectivity index (χ0) is 15.0. The summed E-state index contributed by atoms with van der Waals surface area (Å²) in [5, 5.41) is 3.60. The first-order chi connectivity index (χ1) is 9.65. The lowest BCUT2D eigenvalue weighted by Gasteiger charge is -2.24. The molecule has 0 fully saturated rings. The maximum absolute atomic E-state index is 5.44. The van der Waals surface area contributed by atoms with Crippen LogP contribution in [0.25, 0.3) is 0 Å². The number of rotatable bonds is 9. The number of hydrogen-bond donors (Lipinski definition) is 1. The van der Waals surface area contributed by atoms with Crippen molar-refractivity contribution in [1.82, 2.24) is 5.32 Å². The van der Waals surface area contributed by atoms with Crippen LogP contribution in [-0.2, 0) is 4.74 Å². The van der Waals surface area contributed by atoms with Crippen LogP contribution in [0.15, 0.2) is 18.2 Å². The van der Waals surface area contributed by atoms with Crippen LogP contribution >= 0.6 is 0 Å². The van der Waals surface area contributed by atoms with Gasteiger partial charge in [-0.2, -0.15) is 0 Å². The van der Waals surface area contributed by atoms with E-state index < -0.39 is 0 Å². The second-order valence-corrected chi connectivity index (χ2v) is 4.94. The molecule has 0 spiro atoms. The Balaban J connectivity index is 2.85. The lowest BCUT2D eigenvalue weighted by Crippen LogP contribution is -2.35. The first-order valence-corrected chi connectivity index (χ1v) is 7.13. The van der Waals surface area contributed by atoms with Gasteiger partial charge in [-0.3, -0.25) is 0 Å². The van der Waals surface area contributed by atoms with Gasteiger partial charge < -0.3 is 19.5 Å². The largest absolute Gasteiger partial charge is 0.497 e. The van der Waals surface area contributed by atoms with Crippen LogP contribution in [0.4, 0.5) is 0 Å². The molecular formula is C16H27NO3. The molecule has 0 saturated heterocycles. The smallest absolute Gasteiger partial charge is 0.123 e. The van der Waals surface area contributed by atoms with Crippen LogP contribution in [0.1, 0.15) is 38.3 Å². The molecule has 1 N–H and O–H groups in total. The standard InChI is InChI=1S/C16H27NO3/c1-6-7-13(11-18-3)17-12(2)15-10-14(19-4)8-9-16(15)20-5/h8-10,12-13,17H,6-7,11H2,1-5H3. The maximum Gasteiger partial charge on any atom is 0.123 e. The van der Waals surface area contributed by atoms with E-state index in [2.05, 4.69) is 19.2 Å². The van der Waals surface area contributed by atoms with Gasteiger partial charge in [0.25, 0.3) is 0 Å². The van der Waals surface area contributed by atoms with Crippen LogP contribution in [0.5, 0.6) is 11.5 Å². The molecular weight excluding hydrogens is 254 g/mol. The molecule has 2 atom stereocenters. The molecule has 1 aromatic rings. The summed E-state index contributed by atoms with van der Waals surface area (Å²) in [6.45, 7) is 5.03. The molecule has 0 saturated carbocycles. The van der Waals surface area contributed by atoms with Gasteiger partial charge in [-0.25, -0.2) is 0 Å². The van der Waals surface area contributed by atoms with Gasteiger partial charge in [-0.1, -0.05) is 13.3 Å². The lowest BCUT2D eigenvalue weighted by molar-refractivity contribution is 0.156. The van der Waals surface area contributed by atoms with E-state index in [0.29, 0.717) is 12.6 Å². The summed E-state index contributed by atoms with van der Waals surface area (Å²) < 4.78 is 16.0. The highest BCUT2D eigenvalue weighted by Crippen LogP contribution is 2.29. The predicted molar refractivity (Wildman–Crippen MR) is 81.7 cm³/mol. The minimum absolute atomic E-state index is 0.173. The Labute approximate surface area is 122 Å². The van der Waals surface area contributed by atoms with Crippen molar-refractivity contribution in [2.24, 2.45) is 0 Å². The summed E-state index contributed by atoms with van der Waals surface area (Å²) in [6.07, 6.45) is 2.22. The molecule has 0 amide bonds. The molecule has 1 aromatic carbocycles. The lowest BCUT2D eigenvalue weighted by atomic mass is 10.0. The molecule has 0 bridgehead atoms. The molecule has 0 heterocycles. The number of nitrogens with one attached hydrogen (secondary N) is 1. The Hall–Kier alpha value is -1.26. The van der Waals surface area contributed by atoms with Gasteiger partial charge in [0.05, 0.1) is 20.8 Å². The number of ether oxygens (including phenoxy) is 3. The summed E-state index contributed by atoms with van der Waals surface area (Å²) in [5.74, 6) is 1.71. The highest BCUT2D eigenvalue weighted by atomic mass is 16.5. The van der Waals surface area contributed by atoms with Gasteiger partial charge in [0.15, 0.2) is 0 Å². The van der Waals surface area contributed by atoms with Crippen LogP contribution in [0.3, 0.4) is 0 Å². The fraction of sp³-hybridized carbons (Fsp3) is 0.625. The molecule has 2 unspecified atom stereocenters. The Kier molecular flexibility index (Phi) is 7.41. The molecule has 0 aromatic heterocycles. The molecule has 4 heteroatoms. The highest BCUT2D eigenvalue weighted by molar-refractivity contribution is 5.42. The molecule has 114 valence electrons. The second kappa shape index (κ2) is 8.82. The Morgan fingerprint density at radius 2 is 1.90 bits per heavy atom. The van der Waals surface area contributed by atoms with Crippen molar-refractivity contribution < 1.29 is 14.2 Å². The average Bonchev–Trinajstić information content (AvgIpc) is 2.47. The molecule has 0 aliphatic carbocycles. The van der Waals surface area contributed by atoms with Crippen molar-refractivity contribution in [1.29, 1.82) is 0 Å². The summed E-state index contributed by atoms with van der Waals surface area (Å²) in [5.41, 5.74) is 1.10. The highest BCUT2D eigenvalue weighted by Gasteiger charge is 2.16. The van der Waals surface area contributed by atoms with E-state index in [-0.39, 0.29) is 6.04 Å². The third kappa shape index (κ3) is 4.69. The van der Waals surface area contributed by atoms with Crippen molar-refractivity contribution >= 4 is 0 Å². The van der Waals surface area contributed by atoms with Crippen molar-refractivity contribution in [2.75, 3.05) is 27.9 Å². The fourth-order valence-electron chi connectivity index (χ4n) is 2.39. The number of methoxy groups -OCH3 is 3. The number of hydrogen-bond acceptors (Lipinski definition) is 4. The summed E-state index contributed by atoms with van der Waals surface area (Å²) in [6, 6.07) is 6.39. The Morgan fingerprint density at radius 3 is 2.45 bits per heavy atom. The van der Waals surface area contributed by atoms with Gasteiger partial charge in [-0.05, 0) is 31.5 Å². The van der Waals surface area contributed by atoms with Gasteiger partial charge in [0.1, 0.15) is 11.5 Å². The van der Waals surface area contributed by atoms with Gasteiger partial charge in [-0.15, -0.1) is 0 Å². The summed E-state index contributed by atoms with van der Waals surface area (Å²) >= 11 is 0. The van der Waals surface area contributed by atoms with Gasteiger partial charge >= 0.3 is 0 Å². The first-order valence-electron chi connectivity index (χ1n) is 7.13. The van der Waals surface area contributed by atoms with E-state index >= 15 is 0 Å². The van der Waals surface area contributed by atoms with Crippen LogP contribution in [0.2, 0.25) is 0 Å². The van der Waals surface area contributed by atoms with Crippen LogP contribution < -0.4 is 14.8 Å². The van der Waals surface area contributed by atoms with E-state index in [1.165, 1.54) is 0 Å². The Bertz CT molecular complexity index is 389. The second-order valence-electron chi connectivity index (χ2n) is 4.94. The van der Waals surface area contributed by atoms with E-state index in [1.807, 2.05) is 18.2 Å². The molecule has 1 rings (SSSR count). The molecule has 0 radical (unpaired) electrons. The zero-order valence-electron chi connectivity index (χ0n) is 13.2. The Morgan fingerprint density at radius 1 is 1.15 bits per heavy atom. The molecule has 4 nitrogen and oxygen atoms in total. The van der Waals surface area contributed by atoms with E-state index in [9.17, 15) is 0 Å². The quantitative estimate of drug-likeness (QED) is 0.754. The van der Waals surface area contributed by atoms with Crippen molar-refractivity contribution in [3.05, 3.63) is 23.8 Å². The number of benzene rings is 1. The third-order valence-corrected chi connectivity index (χ3v) is 3.39. The normalized spacial score (nSPS) is 13.8. The first kappa shape index (κ1) is 16.8. The SMILES string of the molecule is CCCC(COC)NC(C)c1cc(OC)ccc1OC. The van der Waals surface area contributed by atoms with Crippen LogP contribution in [0, 0.1) is 0 Å². The maximum atomic E-state index is 5.44. The predicted octanol–water partition coefficient (Wildman–Crippen LogP) is 3.17. The van der Waals surface area contributed by atoms with Crippen molar-refractivity contribution in [2.45, 2.75) is 38.8 Å². The molecule has 0 aliphatic rings. The topological polar surface area (TPSA) is 39.7 Å². The minimum atomic E-state index is 0.173. The average molecular weight is 281 g/mol. The van der Waals surface area contributed by atoms with Crippen molar-refractivity contribution in [3.8, 4) is 11.5 Å². The van der Waals surface area contributed by atoms with Crippen molar-refractivity contribution in [3.63, 3.8) is 0 Å². The van der Waals surface area contributed by atoms with E-state index in [0.717, 1.165) is 29.9 Å².